The summed E-state index contributed by atoms with van der Waals surface area (Å²) >= 11 is 0. The number of nitrogens with zero attached hydrogens (tertiary/aromatic N) is 1. The summed E-state index contributed by atoms with van der Waals surface area (Å²) < 4.78 is 28.3. The number of nitrogens with one attached hydrogen (secondary N) is 1. The van der Waals surface area contributed by atoms with E-state index < -0.39 is 10.0 Å². The summed E-state index contributed by atoms with van der Waals surface area (Å²) in [6.07, 6.45) is 4.60. The second-order valence-corrected chi connectivity index (χ2v) is 11.1. The van der Waals surface area contributed by atoms with Gasteiger partial charge in [0.15, 0.2) is 0 Å². The average Bonchev–Trinajstić information content (AvgIpc) is 2.82. The van der Waals surface area contributed by atoms with Crippen LogP contribution >= 0.6 is 0 Å². The van der Waals surface area contributed by atoms with Crippen molar-refractivity contribution in [2.24, 2.45) is 0 Å². The number of amides is 1. The van der Waals surface area contributed by atoms with E-state index >= 15 is 0 Å². The molecule has 178 valence electrons. The van der Waals surface area contributed by atoms with Crippen LogP contribution in [0.15, 0.2) is 71.6 Å². The first kappa shape index (κ1) is 24.0. The number of carbonyl (C=O) groups is 1. The largest absolute Gasteiger partial charge is 0.348 e. The van der Waals surface area contributed by atoms with Crippen molar-refractivity contribution in [3.63, 3.8) is 0 Å². The summed E-state index contributed by atoms with van der Waals surface area (Å²) in [7, 11) is -3.92. The smallest absolute Gasteiger partial charge is 0.264 e. The summed E-state index contributed by atoms with van der Waals surface area (Å²) in [6.45, 7) is 5.48. The van der Waals surface area contributed by atoms with Crippen LogP contribution in [0.5, 0.6) is 0 Å². The summed E-state index contributed by atoms with van der Waals surface area (Å²) in [5.41, 5.74) is 6.14. The van der Waals surface area contributed by atoms with E-state index in [0.29, 0.717) is 5.69 Å². The fourth-order valence-electron chi connectivity index (χ4n) is 4.65. The van der Waals surface area contributed by atoms with Gasteiger partial charge >= 0.3 is 0 Å². The number of hydrogen-bond donors (Lipinski definition) is 1. The highest BCUT2D eigenvalue weighted by Crippen LogP contribution is 2.27. The highest BCUT2D eigenvalue weighted by atomic mass is 32.2. The SMILES string of the molecule is Cc1cc(C)cc(N(CC(=O)N[C@@H](C)c2ccc3c(c2)CCCC3)S(=O)(=O)c2ccccc2)c1. The molecule has 4 rings (SSSR count). The number of fused-ring (bicyclic) bond motifs is 1. The van der Waals surface area contributed by atoms with E-state index in [0.717, 1.165) is 29.5 Å². The van der Waals surface area contributed by atoms with Gasteiger partial charge < -0.3 is 5.32 Å². The molecule has 1 amide bonds. The lowest BCUT2D eigenvalue weighted by atomic mass is 9.89. The van der Waals surface area contributed by atoms with E-state index in [2.05, 4.69) is 23.5 Å². The number of hydrogen-bond acceptors (Lipinski definition) is 3. The maximum absolute atomic E-state index is 13.6. The molecular weight excluding hydrogens is 444 g/mol. The van der Waals surface area contributed by atoms with E-state index in [4.69, 9.17) is 0 Å². The highest BCUT2D eigenvalue weighted by molar-refractivity contribution is 7.92. The zero-order valence-corrected chi connectivity index (χ0v) is 20.9. The maximum Gasteiger partial charge on any atom is 0.264 e. The Bertz CT molecular complexity index is 1270. The molecule has 1 atom stereocenters. The molecule has 0 heterocycles. The lowest BCUT2D eigenvalue weighted by Crippen LogP contribution is -2.41. The number of anilines is 1. The molecule has 6 heteroatoms. The van der Waals surface area contributed by atoms with Crippen LogP contribution in [0, 0.1) is 13.8 Å². The molecule has 0 saturated carbocycles. The summed E-state index contributed by atoms with van der Waals surface area (Å²) in [4.78, 5) is 13.3. The van der Waals surface area contributed by atoms with Gasteiger partial charge in [-0.15, -0.1) is 0 Å². The normalized spacial score (nSPS) is 14.2. The first-order valence-corrected chi connectivity index (χ1v) is 13.3. The quantitative estimate of drug-likeness (QED) is 0.506. The lowest BCUT2D eigenvalue weighted by molar-refractivity contribution is -0.120. The molecule has 3 aromatic carbocycles. The van der Waals surface area contributed by atoms with Gasteiger partial charge in [0.05, 0.1) is 16.6 Å². The zero-order chi connectivity index (χ0) is 24.3. The van der Waals surface area contributed by atoms with Crippen molar-refractivity contribution in [1.29, 1.82) is 0 Å². The van der Waals surface area contributed by atoms with Gasteiger partial charge in [0, 0.05) is 0 Å². The Hall–Kier alpha value is -3.12. The first-order valence-electron chi connectivity index (χ1n) is 11.8. The molecule has 3 aromatic rings. The van der Waals surface area contributed by atoms with Crippen LogP contribution in [-0.4, -0.2) is 20.9 Å². The third-order valence-electron chi connectivity index (χ3n) is 6.36. The molecule has 0 fully saturated rings. The Morgan fingerprint density at radius 3 is 2.24 bits per heavy atom. The number of benzene rings is 3. The van der Waals surface area contributed by atoms with Crippen LogP contribution < -0.4 is 9.62 Å². The van der Waals surface area contributed by atoms with Gasteiger partial charge in [-0.2, -0.15) is 0 Å². The van der Waals surface area contributed by atoms with Gasteiger partial charge in [-0.05, 0) is 98.5 Å². The van der Waals surface area contributed by atoms with Crippen molar-refractivity contribution in [3.8, 4) is 0 Å². The summed E-state index contributed by atoms with van der Waals surface area (Å²) in [5.74, 6) is -0.344. The number of sulfonamides is 1. The van der Waals surface area contributed by atoms with Gasteiger partial charge in [0.1, 0.15) is 6.54 Å². The average molecular weight is 477 g/mol. The number of aryl methyl sites for hydroxylation is 4. The van der Waals surface area contributed by atoms with Crippen LogP contribution in [0.4, 0.5) is 5.69 Å². The van der Waals surface area contributed by atoms with Crippen LogP contribution in [0.3, 0.4) is 0 Å². The molecule has 0 aromatic heterocycles. The molecule has 0 unspecified atom stereocenters. The van der Waals surface area contributed by atoms with Gasteiger partial charge in [-0.3, -0.25) is 9.10 Å². The van der Waals surface area contributed by atoms with E-state index in [9.17, 15) is 13.2 Å². The molecule has 5 nitrogen and oxygen atoms in total. The van der Waals surface area contributed by atoms with Gasteiger partial charge in [-0.1, -0.05) is 42.5 Å². The third-order valence-corrected chi connectivity index (χ3v) is 8.15. The third kappa shape index (κ3) is 5.33. The second kappa shape index (κ2) is 10.0. The molecule has 0 bridgehead atoms. The molecule has 0 aliphatic heterocycles. The fourth-order valence-corrected chi connectivity index (χ4v) is 6.08. The van der Waals surface area contributed by atoms with Gasteiger partial charge in [0.2, 0.25) is 5.91 Å². The van der Waals surface area contributed by atoms with Crippen LogP contribution in [0.25, 0.3) is 0 Å². The molecule has 1 aliphatic carbocycles. The van der Waals surface area contributed by atoms with Crippen LogP contribution in [-0.2, 0) is 27.7 Å². The monoisotopic (exact) mass is 476 g/mol. The van der Waals surface area contributed by atoms with Crippen molar-refractivity contribution in [1.82, 2.24) is 5.32 Å². The summed E-state index contributed by atoms with van der Waals surface area (Å²) in [6, 6.07) is 20.0. The number of rotatable bonds is 7. The predicted molar refractivity (Wildman–Crippen MR) is 137 cm³/mol. The molecule has 0 spiro atoms. The van der Waals surface area contributed by atoms with Crippen molar-refractivity contribution in [3.05, 3.63) is 94.5 Å². The highest BCUT2D eigenvalue weighted by Gasteiger charge is 2.28. The molecule has 0 saturated heterocycles. The minimum atomic E-state index is -3.92. The minimum absolute atomic E-state index is 0.157. The molecule has 1 N–H and O–H groups in total. The topological polar surface area (TPSA) is 66.5 Å². The van der Waals surface area contributed by atoms with Crippen molar-refractivity contribution < 1.29 is 13.2 Å². The van der Waals surface area contributed by atoms with Crippen molar-refractivity contribution >= 4 is 21.6 Å². The number of carbonyl (C=O) groups excluding carboxylic acids is 1. The Morgan fingerprint density at radius 1 is 0.912 bits per heavy atom. The zero-order valence-electron chi connectivity index (χ0n) is 20.0. The Labute approximate surface area is 202 Å². The lowest BCUT2D eigenvalue weighted by Gasteiger charge is -2.26. The van der Waals surface area contributed by atoms with Crippen LogP contribution in [0.1, 0.15) is 53.6 Å². The van der Waals surface area contributed by atoms with Crippen LogP contribution in [0.2, 0.25) is 0 Å². The molecular formula is C28H32N2O3S. The molecule has 1 aliphatic rings. The van der Waals surface area contributed by atoms with E-state index in [-0.39, 0.29) is 23.4 Å². The maximum atomic E-state index is 13.6. The van der Waals surface area contributed by atoms with E-state index in [1.165, 1.54) is 28.3 Å². The predicted octanol–water partition coefficient (Wildman–Crippen LogP) is 5.25. The van der Waals surface area contributed by atoms with E-state index in [1.54, 1.807) is 42.5 Å². The molecule has 0 radical (unpaired) electrons. The minimum Gasteiger partial charge on any atom is -0.348 e. The standard InChI is InChI=1S/C28H32N2O3S/c1-20-15-21(2)17-26(16-20)30(34(32,33)27-11-5-4-6-12-27)19-28(31)29-22(3)24-14-13-23-9-7-8-10-25(23)18-24/h4-6,11-18,22H,7-10,19H2,1-3H3,(H,29,31)/t22-/m0/s1. The van der Waals surface area contributed by atoms with E-state index in [1.807, 2.05) is 26.8 Å². The molecule has 34 heavy (non-hydrogen) atoms. The fraction of sp³-hybridized carbons (Fsp3) is 0.321. The first-order chi connectivity index (χ1) is 16.2. The Morgan fingerprint density at radius 2 is 1.56 bits per heavy atom. The van der Waals surface area contributed by atoms with Crippen molar-refractivity contribution in [2.45, 2.75) is 57.4 Å². The van der Waals surface area contributed by atoms with Gasteiger partial charge in [0.25, 0.3) is 10.0 Å². The Balaban J connectivity index is 1.59. The van der Waals surface area contributed by atoms with Crippen molar-refractivity contribution in [2.75, 3.05) is 10.8 Å². The van der Waals surface area contributed by atoms with Gasteiger partial charge in [-0.25, -0.2) is 8.42 Å². The second-order valence-electron chi connectivity index (χ2n) is 9.20. The Kier molecular flexibility index (Phi) is 7.08. The summed E-state index contributed by atoms with van der Waals surface area (Å²) in [5, 5.41) is 3.01.